The van der Waals surface area contributed by atoms with E-state index in [1.807, 2.05) is 17.0 Å². The van der Waals surface area contributed by atoms with Gasteiger partial charge >= 0.3 is 5.97 Å². The van der Waals surface area contributed by atoms with E-state index in [1.54, 1.807) is 19.2 Å². The molecule has 1 aromatic carbocycles. The van der Waals surface area contributed by atoms with Crippen LogP contribution >= 0.6 is 0 Å². The Morgan fingerprint density at radius 1 is 1.17 bits per heavy atom. The van der Waals surface area contributed by atoms with E-state index in [0.29, 0.717) is 23.8 Å². The quantitative estimate of drug-likeness (QED) is 0.750. The van der Waals surface area contributed by atoms with Crippen molar-refractivity contribution in [2.45, 2.75) is 45.1 Å². The summed E-state index contributed by atoms with van der Waals surface area (Å²) in [6.45, 7) is 2.56. The number of methoxy groups -OCH3 is 2. The summed E-state index contributed by atoms with van der Waals surface area (Å²) in [6.07, 6.45) is 4.61. The molecule has 5 heteroatoms. The lowest BCUT2D eigenvalue weighted by Crippen LogP contribution is -2.46. The lowest BCUT2D eigenvalue weighted by atomic mass is 9.84. The highest BCUT2D eigenvalue weighted by Crippen LogP contribution is 2.30. The predicted molar refractivity (Wildman–Crippen MR) is 92.1 cm³/mol. The Balaban J connectivity index is 2.26. The zero-order chi connectivity index (χ0) is 17.5. The van der Waals surface area contributed by atoms with Gasteiger partial charge in [0.1, 0.15) is 5.75 Å². The van der Waals surface area contributed by atoms with Gasteiger partial charge in [-0.05, 0) is 30.9 Å². The highest BCUT2D eigenvalue weighted by Gasteiger charge is 2.32. The van der Waals surface area contributed by atoms with Crippen molar-refractivity contribution < 1.29 is 19.1 Å². The average molecular weight is 333 g/mol. The van der Waals surface area contributed by atoms with E-state index in [-0.39, 0.29) is 24.3 Å². The third-order valence-electron chi connectivity index (χ3n) is 4.85. The van der Waals surface area contributed by atoms with Crippen LogP contribution in [0.25, 0.3) is 0 Å². The van der Waals surface area contributed by atoms with Crippen LogP contribution in [0.15, 0.2) is 24.3 Å². The molecule has 0 saturated heterocycles. The summed E-state index contributed by atoms with van der Waals surface area (Å²) in [4.78, 5) is 26.6. The molecule has 1 aromatic rings. The number of carbonyl (C=O) groups excluding carboxylic acids is 2. The van der Waals surface area contributed by atoms with Crippen molar-refractivity contribution >= 4 is 11.9 Å². The van der Waals surface area contributed by atoms with Crippen LogP contribution in [0.5, 0.6) is 5.75 Å². The molecule has 0 spiro atoms. The molecule has 24 heavy (non-hydrogen) atoms. The van der Waals surface area contributed by atoms with Crippen molar-refractivity contribution in [3.8, 4) is 5.75 Å². The molecule has 0 N–H and O–H groups in total. The van der Waals surface area contributed by atoms with Gasteiger partial charge in [-0.3, -0.25) is 9.59 Å². The maximum Gasteiger partial charge on any atom is 0.307 e. The number of nitrogens with zero attached hydrogens (tertiary/aromatic N) is 1. The Morgan fingerprint density at radius 3 is 2.54 bits per heavy atom. The average Bonchev–Trinajstić information content (AvgIpc) is 2.62. The molecular formula is C19H27NO4. The van der Waals surface area contributed by atoms with E-state index in [9.17, 15) is 9.59 Å². The Hall–Kier alpha value is -2.04. The monoisotopic (exact) mass is 333 g/mol. The van der Waals surface area contributed by atoms with E-state index in [4.69, 9.17) is 9.47 Å². The fourth-order valence-electron chi connectivity index (χ4n) is 3.47. The Bertz CT molecular complexity index is 572. The molecule has 0 aromatic heterocycles. The molecule has 0 bridgehead atoms. The van der Waals surface area contributed by atoms with Gasteiger partial charge < -0.3 is 14.4 Å². The smallest absolute Gasteiger partial charge is 0.307 e. The molecule has 1 fully saturated rings. The first-order valence-corrected chi connectivity index (χ1v) is 8.59. The van der Waals surface area contributed by atoms with Crippen LogP contribution in [-0.4, -0.2) is 43.6 Å². The van der Waals surface area contributed by atoms with Crippen molar-refractivity contribution in [1.82, 2.24) is 4.90 Å². The van der Waals surface area contributed by atoms with Crippen LogP contribution in [-0.2, 0) is 9.53 Å². The second kappa shape index (κ2) is 8.71. The largest absolute Gasteiger partial charge is 0.496 e. The van der Waals surface area contributed by atoms with Gasteiger partial charge in [-0.1, -0.05) is 31.9 Å². The molecule has 5 nitrogen and oxygen atoms in total. The first-order chi connectivity index (χ1) is 11.6. The molecule has 132 valence electrons. The third kappa shape index (κ3) is 4.28. The standard InChI is InChI=1S/C19H27NO4/c1-14-8-4-6-10-16(14)20(13-12-18(21)24-3)19(22)15-9-5-7-11-17(15)23-2/h5,7,9,11,14,16H,4,6,8,10,12-13H2,1-3H3. The highest BCUT2D eigenvalue weighted by atomic mass is 16.5. The van der Waals surface area contributed by atoms with Gasteiger partial charge in [-0.25, -0.2) is 0 Å². The summed E-state index contributed by atoms with van der Waals surface area (Å²) in [6, 6.07) is 7.40. The van der Waals surface area contributed by atoms with E-state index in [0.717, 1.165) is 19.3 Å². The maximum absolute atomic E-state index is 13.2. The van der Waals surface area contributed by atoms with Gasteiger partial charge in [-0.2, -0.15) is 0 Å². The SMILES string of the molecule is COC(=O)CCN(C(=O)c1ccccc1OC)C1CCCCC1C. The number of para-hydroxylation sites is 1. The summed E-state index contributed by atoms with van der Waals surface area (Å²) in [5.74, 6) is 0.621. The minimum atomic E-state index is -0.295. The minimum absolute atomic E-state index is 0.0740. The predicted octanol–water partition coefficient (Wildman–Crippen LogP) is 3.28. The van der Waals surface area contributed by atoms with Crippen LogP contribution in [0, 0.1) is 5.92 Å². The number of rotatable bonds is 6. The first kappa shape index (κ1) is 18.3. The van der Waals surface area contributed by atoms with Crippen LogP contribution < -0.4 is 4.74 Å². The summed E-state index contributed by atoms with van der Waals surface area (Å²) in [5, 5.41) is 0. The molecule has 0 radical (unpaired) electrons. The molecule has 0 heterocycles. The van der Waals surface area contributed by atoms with Gasteiger partial charge in [0.2, 0.25) is 0 Å². The number of carbonyl (C=O) groups is 2. The number of amides is 1. The van der Waals surface area contributed by atoms with E-state index in [2.05, 4.69) is 6.92 Å². The number of ether oxygens (including phenoxy) is 2. The summed E-state index contributed by atoms with van der Waals surface area (Å²) >= 11 is 0. The zero-order valence-electron chi connectivity index (χ0n) is 14.8. The van der Waals surface area contributed by atoms with Crippen molar-refractivity contribution in [1.29, 1.82) is 0 Å². The molecular weight excluding hydrogens is 306 g/mol. The Kier molecular flexibility index (Phi) is 6.64. The van der Waals surface area contributed by atoms with Crippen LogP contribution in [0.2, 0.25) is 0 Å². The van der Waals surface area contributed by atoms with E-state index < -0.39 is 0 Å². The number of esters is 1. The highest BCUT2D eigenvalue weighted by molar-refractivity contribution is 5.97. The first-order valence-electron chi connectivity index (χ1n) is 8.59. The van der Waals surface area contributed by atoms with Gasteiger partial charge in [0.15, 0.2) is 0 Å². The summed E-state index contributed by atoms with van der Waals surface area (Å²) in [5.41, 5.74) is 0.544. The van der Waals surface area contributed by atoms with Crippen molar-refractivity contribution in [3.63, 3.8) is 0 Å². The fraction of sp³-hybridized carbons (Fsp3) is 0.579. The third-order valence-corrected chi connectivity index (χ3v) is 4.85. The number of benzene rings is 1. The van der Waals surface area contributed by atoms with Crippen molar-refractivity contribution in [2.24, 2.45) is 5.92 Å². The van der Waals surface area contributed by atoms with Gasteiger partial charge in [-0.15, -0.1) is 0 Å². The fourth-order valence-corrected chi connectivity index (χ4v) is 3.47. The number of hydrogen-bond acceptors (Lipinski definition) is 4. The lowest BCUT2D eigenvalue weighted by molar-refractivity contribution is -0.141. The lowest BCUT2D eigenvalue weighted by Gasteiger charge is -2.38. The van der Waals surface area contributed by atoms with Crippen LogP contribution in [0.4, 0.5) is 0 Å². The molecule has 1 amide bonds. The normalized spacial score (nSPS) is 20.3. The van der Waals surface area contributed by atoms with Crippen LogP contribution in [0.3, 0.4) is 0 Å². The van der Waals surface area contributed by atoms with E-state index in [1.165, 1.54) is 13.5 Å². The van der Waals surface area contributed by atoms with Gasteiger partial charge in [0, 0.05) is 12.6 Å². The maximum atomic E-state index is 13.2. The van der Waals surface area contributed by atoms with Crippen LogP contribution in [0.1, 0.15) is 49.4 Å². The zero-order valence-corrected chi connectivity index (χ0v) is 14.8. The molecule has 0 aliphatic heterocycles. The molecule has 2 atom stereocenters. The van der Waals surface area contributed by atoms with Gasteiger partial charge in [0.25, 0.3) is 5.91 Å². The van der Waals surface area contributed by atoms with Crippen molar-refractivity contribution in [2.75, 3.05) is 20.8 Å². The summed E-state index contributed by atoms with van der Waals surface area (Å²) in [7, 11) is 2.94. The minimum Gasteiger partial charge on any atom is -0.496 e. The van der Waals surface area contributed by atoms with Crippen molar-refractivity contribution in [3.05, 3.63) is 29.8 Å². The molecule has 2 unspecified atom stereocenters. The Labute approximate surface area is 143 Å². The molecule has 1 aliphatic rings. The molecule has 1 saturated carbocycles. The molecule has 2 rings (SSSR count). The second-order valence-corrected chi connectivity index (χ2v) is 6.35. The topological polar surface area (TPSA) is 55.8 Å². The van der Waals surface area contributed by atoms with E-state index >= 15 is 0 Å². The summed E-state index contributed by atoms with van der Waals surface area (Å²) < 4.78 is 10.1. The van der Waals surface area contributed by atoms with Gasteiger partial charge in [0.05, 0.1) is 26.2 Å². The second-order valence-electron chi connectivity index (χ2n) is 6.35. The molecule has 1 aliphatic carbocycles. The Morgan fingerprint density at radius 2 is 1.88 bits per heavy atom. The number of hydrogen-bond donors (Lipinski definition) is 0.